The molecule has 112 valence electrons. The maximum Gasteiger partial charge on any atom is 0.243 e. The number of morpholine rings is 1. The Morgan fingerprint density at radius 3 is 2.76 bits per heavy atom. The van der Waals surface area contributed by atoms with Crippen molar-refractivity contribution in [2.24, 2.45) is 5.84 Å². The smallest absolute Gasteiger partial charge is 0.243 e. The fourth-order valence-electron chi connectivity index (χ4n) is 1.91. The van der Waals surface area contributed by atoms with Crippen LogP contribution in [0.15, 0.2) is 10.9 Å². The van der Waals surface area contributed by atoms with E-state index in [9.17, 15) is 0 Å². The third-order valence-corrected chi connectivity index (χ3v) is 3.59. The van der Waals surface area contributed by atoms with Gasteiger partial charge in [-0.25, -0.2) is 10.8 Å². The van der Waals surface area contributed by atoms with E-state index in [-0.39, 0.29) is 0 Å². The number of nitrogens with one attached hydrogen (secondary N) is 2. The minimum absolute atomic E-state index is 0.326. The van der Waals surface area contributed by atoms with Crippen LogP contribution < -0.4 is 21.5 Å². The highest BCUT2D eigenvalue weighted by atomic mass is 32.1. The summed E-state index contributed by atoms with van der Waals surface area (Å²) in [5.41, 5.74) is 5.19. The fraction of sp³-hybridized carbons (Fsp3) is 0.455. The minimum atomic E-state index is 0.326. The predicted molar refractivity (Wildman–Crippen MR) is 80.1 cm³/mol. The van der Waals surface area contributed by atoms with Crippen LogP contribution in [0.1, 0.15) is 5.69 Å². The molecule has 9 nitrogen and oxygen atoms in total. The average molecular weight is 308 g/mol. The monoisotopic (exact) mass is 308 g/mol. The SMILES string of the molecule is NNc1nc(NCc2cscn2)nc(N2CCOCC2)n1. The minimum Gasteiger partial charge on any atom is -0.378 e. The topological polar surface area (TPSA) is 114 Å². The number of hydrazine groups is 1. The molecule has 1 aliphatic heterocycles. The molecule has 0 saturated carbocycles. The molecule has 21 heavy (non-hydrogen) atoms. The van der Waals surface area contributed by atoms with Gasteiger partial charge in [-0.1, -0.05) is 0 Å². The summed E-state index contributed by atoms with van der Waals surface area (Å²) >= 11 is 1.55. The molecule has 0 aliphatic carbocycles. The second-order valence-corrected chi connectivity index (χ2v) is 5.08. The number of anilines is 3. The van der Waals surface area contributed by atoms with Gasteiger partial charge in [-0.05, 0) is 0 Å². The molecule has 3 heterocycles. The van der Waals surface area contributed by atoms with Crippen molar-refractivity contribution in [3.63, 3.8) is 0 Å². The number of hydrogen-bond acceptors (Lipinski definition) is 10. The number of ether oxygens (including phenoxy) is 1. The molecule has 0 amide bonds. The number of nitrogens with zero attached hydrogens (tertiary/aromatic N) is 5. The molecular formula is C11H16N8OS. The van der Waals surface area contributed by atoms with Gasteiger partial charge >= 0.3 is 0 Å². The summed E-state index contributed by atoms with van der Waals surface area (Å²) in [5.74, 6) is 6.80. The Bertz CT molecular complexity index is 572. The van der Waals surface area contributed by atoms with Crippen LogP contribution in [0.2, 0.25) is 0 Å². The van der Waals surface area contributed by atoms with Crippen LogP contribution in [-0.4, -0.2) is 46.2 Å². The van der Waals surface area contributed by atoms with Crippen LogP contribution in [0.25, 0.3) is 0 Å². The molecule has 0 aromatic carbocycles. The zero-order valence-electron chi connectivity index (χ0n) is 11.3. The van der Waals surface area contributed by atoms with Gasteiger partial charge in [0, 0.05) is 18.5 Å². The Labute approximate surface area is 125 Å². The maximum absolute atomic E-state index is 5.42. The second kappa shape index (κ2) is 6.61. The number of nitrogens with two attached hydrogens (primary N) is 1. The number of thiazole rings is 1. The largest absolute Gasteiger partial charge is 0.378 e. The molecule has 1 aliphatic rings. The van der Waals surface area contributed by atoms with Crippen LogP contribution in [0, 0.1) is 0 Å². The lowest BCUT2D eigenvalue weighted by atomic mass is 10.4. The molecule has 0 bridgehead atoms. The van der Waals surface area contributed by atoms with Crippen LogP contribution in [0.4, 0.5) is 17.8 Å². The summed E-state index contributed by atoms with van der Waals surface area (Å²) in [6, 6.07) is 0. The highest BCUT2D eigenvalue weighted by Gasteiger charge is 2.16. The molecule has 10 heteroatoms. The van der Waals surface area contributed by atoms with Crippen LogP contribution in [0.3, 0.4) is 0 Å². The molecule has 1 saturated heterocycles. The summed E-state index contributed by atoms with van der Waals surface area (Å²) in [6.45, 7) is 3.39. The van der Waals surface area contributed by atoms with Crippen molar-refractivity contribution in [2.75, 3.05) is 41.9 Å². The van der Waals surface area contributed by atoms with Crippen molar-refractivity contribution < 1.29 is 4.74 Å². The van der Waals surface area contributed by atoms with Crippen molar-refractivity contribution in [1.29, 1.82) is 0 Å². The lowest BCUT2D eigenvalue weighted by molar-refractivity contribution is 0.122. The first-order valence-corrected chi connectivity index (χ1v) is 7.46. The average Bonchev–Trinajstić information content (AvgIpc) is 3.07. The van der Waals surface area contributed by atoms with Gasteiger partial charge in [-0.15, -0.1) is 11.3 Å². The van der Waals surface area contributed by atoms with E-state index >= 15 is 0 Å². The summed E-state index contributed by atoms with van der Waals surface area (Å²) in [5, 5.41) is 5.10. The standard InChI is InChI=1S/C11H16N8OS/c12-18-10-15-9(13-5-8-6-21-7-14-8)16-11(17-10)19-1-3-20-4-2-19/h6-7H,1-5,12H2,(H2,13,15,16,17,18). The first kappa shape index (κ1) is 13.9. The van der Waals surface area contributed by atoms with Gasteiger partial charge in [0.05, 0.1) is 31.0 Å². The van der Waals surface area contributed by atoms with E-state index in [2.05, 4.69) is 30.7 Å². The first-order chi connectivity index (χ1) is 10.3. The van der Waals surface area contributed by atoms with Crippen molar-refractivity contribution in [2.45, 2.75) is 6.54 Å². The normalized spacial score (nSPS) is 15.0. The van der Waals surface area contributed by atoms with E-state index in [1.807, 2.05) is 10.3 Å². The molecule has 0 spiro atoms. The Hall–Kier alpha value is -2.04. The maximum atomic E-state index is 5.42. The van der Waals surface area contributed by atoms with E-state index < -0.39 is 0 Å². The lowest BCUT2D eigenvalue weighted by Crippen LogP contribution is -2.37. The molecule has 2 aromatic rings. The molecule has 0 atom stereocenters. The third kappa shape index (κ3) is 3.54. The van der Waals surface area contributed by atoms with Crippen molar-refractivity contribution >= 4 is 29.2 Å². The van der Waals surface area contributed by atoms with Crippen molar-refractivity contribution in [3.8, 4) is 0 Å². The van der Waals surface area contributed by atoms with E-state index in [0.29, 0.717) is 37.6 Å². The predicted octanol–water partition coefficient (Wildman–Crippen LogP) is 0.0624. The van der Waals surface area contributed by atoms with E-state index in [0.717, 1.165) is 18.8 Å². The van der Waals surface area contributed by atoms with Crippen molar-refractivity contribution in [3.05, 3.63) is 16.6 Å². The van der Waals surface area contributed by atoms with E-state index in [4.69, 9.17) is 10.6 Å². The summed E-state index contributed by atoms with van der Waals surface area (Å²) in [7, 11) is 0. The first-order valence-electron chi connectivity index (χ1n) is 6.51. The molecule has 4 N–H and O–H groups in total. The summed E-state index contributed by atoms with van der Waals surface area (Å²) in [4.78, 5) is 19.1. The van der Waals surface area contributed by atoms with Gasteiger partial charge in [0.25, 0.3) is 0 Å². The van der Waals surface area contributed by atoms with Crippen molar-refractivity contribution in [1.82, 2.24) is 19.9 Å². The number of aromatic nitrogens is 4. The van der Waals surface area contributed by atoms with Gasteiger partial charge in [-0.3, -0.25) is 5.43 Å². The second-order valence-electron chi connectivity index (χ2n) is 4.36. The number of hydrogen-bond donors (Lipinski definition) is 3. The van der Waals surface area contributed by atoms with Crippen LogP contribution in [0.5, 0.6) is 0 Å². The molecule has 0 radical (unpaired) electrons. The van der Waals surface area contributed by atoms with Gasteiger partial charge in [0.2, 0.25) is 17.8 Å². The van der Waals surface area contributed by atoms with Gasteiger partial charge in [0.15, 0.2) is 0 Å². The molecule has 1 fully saturated rings. The molecule has 3 rings (SSSR count). The third-order valence-electron chi connectivity index (χ3n) is 2.96. The number of nitrogen functional groups attached to an aromatic ring is 1. The van der Waals surface area contributed by atoms with E-state index in [1.165, 1.54) is 0 Å². The van der Waals surface area contributed by atoms with E-state index in [1.54, 1.807) is 16.8 Å². The van der Waals surface area contributed by atoms with Gasteiger partial charge in [-0.2, -0.15) is 15.0 Å². The molecular weight excluding hydrogens is 292 g/mol. The summed E-state index contributed by atoms with van der Waals surface area (Å²) < 4.78 is 5.33. The zero-order chi connectivity index (χ0) is 14.5. The summed E-state index contributed by atoms with van der Waals surface area (Å²) in [6.07, 6.45) is 0. The quantitative estimate of drug-likeness (QED) is 0.521. The van der Waals surface area contributed by atoms with Gasteiger partial charge < -0.3 is 15.0 Å². The van der Waals surface area contributed by atoms with Crippen LogP contribution in [-0.2, 0) is 11.3 Å². The Balaban J connectivity index is 1.75. The Morgan fingerprint density at radius 2 is 2.05 bits per heavy atom. The number of rotatable bonds is 5. The van der Waals surface area contributed by atoms with Crippen LogP contribution >= 0.6 is 11.3 Å². The van der Waals surface area contributed by atoms with Gasteiger partial charge in [0.1, 0.15) is 0 Å². The Morgan fingerprint density at radius 1 is 1.24 bits per heavy atom. The highest BCUT2D eigenvalue weighted by molar-refractivity contribution is 7.07. The zero-order valence-corrected chi connectivity index (χ0v) is 12.1. The lowest BCUT2D eigenvalue weighted by Gasteiger charge is -2.27. The Kier molecular flexibility index (Phi) is 4.38. The highest BCUT2D eigenvalue weighted by Crippen LogP contribution is 2.15. The fourth-order valence-corrected chi connectivity index (χ4v) is 2.47. The molecule has 0 unspecified atom stereocenters. The molecule has 2 aromatic heterocycles.